The van der Waals surface area contributed by atoms with Crippen molar-refractivity contribution in [1.82, 2.24) is 0 Å². The number of allylic oxidation sites excluding steroid dienone is 1. The summed E-state index contributed by atoms with van der Waals surface area (Å²) in [6.45, 7) is 9.09. The molecule has 150 valence electrons. The Morgan fingerprint density at radius 1 is 1.37 bits per heavy atom. The van der Waals surface area contributed by atoms with E-state index in [9.17, 15) is 14.7 Å². The summed E-state index contributed by atoms with van der Waals surface area (Å²) in [6.07, 6.45) is 8.45. The van der Waals surface area contributed by atoms with Gasteiger partial charge in [0.15, 0.2) is 0 Å². The van der Waals surface area contributed by atoms with Crippen LogP contribution in [0.2, 0.25) is 0 Å². The van der Waals surface area contributed by atoms with E-state index in [1.807, 2.05) is 13.0 Å². The highest BCUT2D eigenvalue weighted by atomic mass is 16.7. The minimum absolute atomic E-state index is 0.00716. The molecule has 0 aromatic carbocycles. The van der Waals surface area contributed by atoms with Gasteiger partial charge in [-0.05, 0) is 68.8 Å². The topological polar surface area (TPSA) is 72.8 Å². The Labute approximate surface area is 161 Å². The second-order valence-corrected chi connectivity index (χ2v) is 8.84. The summed E-state index contributed by atoms with van der Waals surface area (Å²) < 4.78 is 10.6. The zero-order chi connectivity index (χ0) is 19.8. The molecular weight excluding hydrogens is 344 g/mol. The highest BCUT2D eigenvalue weighted by Crippen LogP contribution is 2.62. The maximum Gasteiger partial charge on any atom is 0.336 e. The van der Waals surface area contributed by atoms with Gasteiger partial charge >= 0.3 is 11.9 Å². The Morgan fingerprint density at radius 3 is 2.78 bits per heavy atom. The maximum atomic E-state index is 12.1. The van der Waals surface area contributed by atoms with Crippen LogP contribution in [-0.4, -0.2) is 29.9 Å². The van der Waals surface area contributed by atoms with E-state index >= 15 is 0 Å². The SMILES string of the molecule is CCOC1C=C(CC[C@]2(C)[C@@H](C)CC[C@@]3(C)C(C(=O)O)=CCC[C@@H]23)C(=O)O1. The third kappa shape index (κ3) is 3.46. The molecule has 1 aliphatic heterocycles. The molecule has 5 nitrogen and oxygen atoms in total. The Kier molecular flexibility index (Phi) is 5.53. The first kappa shape index (κ1) is 20.1. The fraction of sp³-hybridized carbons (Fsp3) is 0.727. The summed E-state index contributed by atoms with van der Waals surface area (Å²) in [6, 6.07) is 0. The minimum Gasteiger partial charge on any atom is -0.478 e. The molecule has 0 radical (unpaired) electrons. The van der Waals surface area contributed by atoms with Crippen LogP contribution in [0.25, 0.3) is 0 Å². The molecule has 0 bridgehead atoms. The van der Waals surface area contributed by atoms with E-state index in [0.717, 1.165) is 32.1 Å². The van der Waals surface area contributed by atoms with Crippen LogP contribution in [0, 0.1) is 22.7 Å². The molecule has 27 heavy (non-hydrogen) atoms. The van der Waals surface area contributed by atoms with Crippen LogP contribution in [-0.2, 0) is 19.1 Å². The quantitative estimate of drug-likeness (QED) is 0.692. The van der Waals surface area contributed by atoms with Crippen molar-refractivity contribution in [2.24, 2.45) is 22.7 Å². The summed E-state index contributed by atoms with van der Waals surface area (Å²) in [5.41, 5.74) is 0.989. The Morgan fingerprint density at radius 2 is 2.11 bits per heavy atom. The van der Waals surface area contributed by atoms with Gasteiger partial charge in [-0.1, -0.05) is 26.8 Å². The van der Waals surface area contributed by atoms with Crippen LogP contribution in [0.1, 0.15) is 66.2 Å². The van der Waals surface area contributed by atoms with Gasteiger partial charge in [-0.2, -0.15) is 0 Å². The summed E-state index contributed by atoms with van der Waals surface area (Å²) in [7, 11) is 0. The van der Waals surface area contributed by atoms with E-state index in [1.54, 1.807) is 6.08 Å². The van der Waals surface area contributed by atoms with Crippen LogP contribution < -0.4 is 0 Å². The summed E-state index contributed by atoms with van der Waals surface area (Å²) in [4.78, 5) is 24.0. The number of ether oxygens (including phenoxy) is 2. The molecule has 5 heteroatoms. The lowest BCUT2D eigenvalue weighted by Gasteiger charge is -2.57. The monoisotopic (exact) mass is 376 g/mol. The van der Waals surface area contributed by atoms with E-state index in [4.69, 9.17) is 9.47 Å². The smallest absolute Gasteiger partial charge is 0.336 e. The lowest BCUT2D eigenvalue weighted by molar-refractivity contribution is -0.158. The van der Waals surface area contributed by atoms with Crippen molar-refractivity contribution >= 4 is 11.9 Å². The molecule has 1 unspecified atom stereocenters. The largest absolute Gasteiger partial charge is 0.478 e. The highest BCUT2D eigenvalue weighted by Gasteiger charge is 2.55. The fourth-order valence-electron chi connectivity index (χ4n) is 5.73. The van der Waals surface area contributed by atoms with E-state index in [0.29, 0.717) is 36.0 Å². The van der Waals surface area contributed by atoms with Gasteiger partial charge in [0, 0.05) is 23.2 Å². The first-order chi connectivity index (χ1) is 12.7. The molecule has 0 saturated heterocycles. The van der Waals surface area contributed by atoms with Crippen molar-refractivity contribution in [3.8, 4) is 0 Å². The summed E-state index contributed by atoms with van der Waals surface area (Å²) in [5.74, 6) is -0.256. The number of fused-ring (bicyclic) bond motifs is 1. The zero-order valence-corrected chi connectivity index (χ0v) is 16.9. The zero-order valence-electron chi connectivity index (χ0n) is 16.9. The molecule has 0 amide bonds. The molecule has 3 rings (SSSR count). The summed E-state index contributed by atoms with van der Waals surface area (Å²) >= 11 is 0. The van der Waals surface area contributed by atoms with E-state index < -0.39 is 12.3 Å². The van der Waals surface area contributed by atoms with Gasteiger partial charge in [-0.3, -0.25) is 0 Å². The number of carbonyl (C=O) groups excluding carboxylic acids is 1. The number of hydrogen-bond acceptors (Lipinski definition) is 4. The number of esters is 1. The van der Waals surface area contributed by atoms with Gasteiger partial charge < -0.3 is 14.6 Å². The predicted molar refractivity (Wildman–Crippen MR) is 102 cm³/mol. The van der Waals surface area contributed by atoms with Gasteiger partial charge in [0.25, 0.3) is 0 Å². The minimum atomic E-state index is -0.777. The van der Waals surface area contributed by atoms with Crippen LogP contribution >= 0.6 is 0 Å². The molecule has 0 aromatic heterocycles. The molecule has 3 aliphatic rings. The number of carbonyl (C=O) groups is 2. The van der Waals surface area contributed by atoms with Crippen LogP contribution in [0.3, 0.4) is 0 Å². The van der Waals surface area contributed by atoms with Crippen LogP contribution in [0.5, 0.6) is 0 Å². The Balaban J connectivity index is 1.81. The second-order valence-electron chi connectivity index (χ2n) is 8.84. The van der Waals surface area contributed by atoms with Crippen LogP contribution in [0.4, 0.5) is 0 Å². The second kappa shape index (κ2) is 7.42. The highest BCUT2D eigenvalue weighted by molar-refractivity contribution is 5.90. The predicted octanol–water partition coefficient (Wildman–Crippen LogP) is 4.48. The van der Waals surface area contributed by atoms with Crippen LogP contribution in [0.15, 0.2) is 23.3 Å². The average molecular weight is 376 g/mol. The molecule has 1 fully saturated rings. The Hall–Kier alpha value is -1.62. The normalized spacial score (nSPS) is 38.7. The number of cyclic esters (lactones) is 1. The van der Waals surface area contributed by atoms with Gasteiger partial charge in [0.1, 0.15) is 0 Å². The third-order valence-corrected chi connectivity index (χ3v) is 7.52. The third-order valence-electron chi connectivity index (χ3n) is 7.52. The molecule has 0 spiro atoms. The maximum absolute atomic E-state index is 12.1. The molecule has 1 saturated carbocycles. The van der Waals surface area contributed by atoms with Gasteiger partial charge in [0.2, 0.25) is 6.29 Å². The van der Waals surface area contributed by atoms with Gasteiger partial charge in [-0.25, -0.2) is 9.59 Å². The molecule has 1 heterocycles. The lowest BCUT2D eigenvalue weighted by Crippen LogP contribution is -2.51. The standard InChI is InChI=1S/C22H32O5/c1-5-26-18-13-15(20(25)27-18)10-12-21(3)14(2)9-11-22(4)16(19(23)24)7-6-8-17(21)22/h7,13-14,17-18H,5-6,8-12H2,1-4H3,(H,23,24)/t14-,17-,18?,21+,22-/m0/s1. The first-order valence-corrected chi connectivity index (χ1v) is 10.2. The lowest BCUT2D eigenvalue weighted by atomic mass is 9.46. The summed E-state index contributed by atoms with van der Waals surface area (Å²) in [5, 5.41) is 9.74. The van der Waals surface area contributed by atoms with Crippen molar-refractivity contribution in [3.05, 3.63) is 23.3 Å². The molecule has 1 N–H and O–H groups in total. The van der Waals surface area contributed by atoms with Crippen molar-refractivity contribution in [1.29, 1.82) is 0 Å². The van der Waals surface area contributed by atoms with Crippen molar-refractivity contribution in [3.63, 3.8) is 0 Å². The molecule has 0 aromatic rings. The fourth-order valence-corrected chi connectivity index (χ4v) is 5.73. The number of carboxylic acid groups (broad SMARTS) is 1. The van der Waals surface area contributed by atoms with E-state index in [2.05, 4.69) is 20.8 Å². The molecule has 2 aliphatic carbocycles. The van der Waals surface area contributed by atoms with Crippen molar-refractivity contribution in [2.75, 3.05) is 6.61 Å². The first-order valence-electron chi connectivity index (χ1n) is 10.2. The van der Waals surface area contributed by atoms with E-state index in [1.165, 1.54) is 0 Å². The number of hydrogen-bond donors (Lipinski definition) is 1. The number of carboxylic acids is 1. The van der Waals surface area contributed by atoms with Gasteiger partial charge in [0.05, 0.1) is 0 Å². The number of rotatable bonds is 6. The molecular formula is C22H32O5. The van der Waals surface area contributed by atoms with E-state index in [-0.39, 0.29) is 16.8 Å². The average Bonchev–Trinajstić information content (AvgIpc) is 2.96. The van der Waals surface area contributed by atoms with Crippen molar-refractivity contribution in [2.45, 2.75) is 72.5 Å². The van der Waals surface area contributed by atoms with Gasteiger partial charge in [-0.15, -0.1) is 0 Å². The Bertz CT molecular complexity index is 678. The number of aliphatic carboxylic acids is 1. The molecule has 5 atom stereocenters. The van der Waals surface area contributed by atoms with Crippen molar-refractivity contribution < 1.29 is 24.2 Å².